The summed E-state index contributed by atoms with van der Waals surface area (Å²) in [5, 5.41) is 11.1. The Balaban J connectivity index is 2.25. The van der Waals surface area contributed by atoms with Crippen LogP contribution in [0.4, 0.5) is 10.2 Å². The number of carbonyl (C=O) groups is 2. The second kappa shape index (κ2) is 5.79. The van der Waals surface area contributed by atoms with Gasteiger partial charge >= 0.3 is 5.97 Å². The highest BCUT2D eigenvalue weighted by molar-refractivity contribution is 9.10. The molecule has 1 heterocycles. The molecule has 0 fully saturated rings. The molecule has 0 aliphatic heterocycles. The summed E-state index contributed by atoms with van der Waals surface area (Å²) in [5.41, 5.74) is -0.376. The van der Waals surface area contributed by atoms with Crippen molar-refractivity contribution in [1.29, 1.82) is 0 Å². The number of aromatic nitrogens is 1. The molecule has 102 valence electrons. The van der Waals surface area contributed by atoms with Crippen molar-refractivity contribution in [2.75, 3.05) is 5.32 Å². The summed E-state index contributed by atoms with van der Waals surface area (Å²) >= 11 is 3.14. The quantitative estimate of drug-likeness (QED) is 0.901. The van der Waals surface area contributed by atoms with Gasteiger partial charge in [0.1, 0.15) is 11.6 Å². The lowest BCUT2D eigenvalue weighted by Crippen LogP contribution is -2.15. The number of rotatable bonds is 3. The highest BCUT2D eigenvalue weighted by atomic mass is 79.9. The first-order chi connectivity index (χ1) is 9.47. The molecular weight excluding hydrogens is 331 g/mol. The first-order valence-corrected chi connectivity index (χ1v) is 6.23. The third kappa shape index (κ3) is 3.18. The second-order valence-electron chi connectivity index (χ2n) is 3.79. The van der Waals surface area contributed by atoms with Gasteiger partial charge in [0, 0.05) is 4.47 Å². The molecule has 0 atom stereocenters. The number of carboxylic acids is 1. The molecule has 0 aliphatic rings. The number of nitrogens with one attached hydrogen (secondary N) is 1. The van der Waals surface area contributed by atoms with E-state index < -0.39 is 17.7 Å². The zero-order valence-electron chi connectivity index (χ0n) is 9.93. The number of amides is 1. The molecule has 1 aromatic carbocycles. The predicted octanol–water partition coefficient (Wildman–Crippen LogP) is 2.93. The molecule has 0 saturated heterocycles. The van der Waals surface area contributed by atoms with Crippen molar-refractivity contribution in [2.24, 2.45) is 0 Å². The van der Waals surface area contributed by atoms with Crippen molar-refractivity contribution < 1.29 is 19.1 Å². The van der Waals surface area contributed by atoms with Gasteiger partial charge in [0.2, 0.25) is 0 Å². The average molecular weight is 339 g/mol. The van der Waals surface area contributed by atoms with Gasteiger partial charge in [0.25, 0.3) is 5.91 Å². The number of hydrogen-bond donors (Lipinski definition) is 2. The Hall–Kier alpha value is -2.28. The molecule has 7 heteroatoms. The molecule has 0 aliphatic carbocycles. The zero-order valence-corrected chi connectivity index (χ0v) is 11.5. The maximum atomic E-state index is 13.5. The first-order valence-electron chi connectivity index (χ1n) is 5.44. The Morgan fingerprint density at radius 3 is 2.70 bits per heavy atom. The number of halogens is 2. The van der Waals surface area contributed by atoms with Crippen molar-refractivity contribution in [2.45, 2.75) is 0 Å². The molecule has 1 aromatic heterocycles. The Kier molecular flexibility index (Phi) is 4.09. The molecule has 1 amide bonds. The van der Waals surface area contributed by atoms with E-state index >= 15 is 0 Å². The molecule has 20 heavy (non-hydrogen) atoms. The maximum Gasteiger partial charge on any atom is 0.354 e. The molecule has 2 N–H and O–H groups in total. The Bertz CT molecular complexity index is 691. The third-order valence-electron chi connectivity index (χ3n) is 2.38. The maximum absolute atomic E-state index is 13.5. The minimum Gasteiger partial charge on any atom is -0.477 e. The van der Waals surface area contributed by atoms with Crippen LogP contribution in [-0.2, 0) is 0 Å². The Morgan fingerprint density at radius 1 is 1.25 bits per heavy atom. The van der Waals surface area contributed by atoms with Crippen LogP contribution in [0.2, 0.25) is 0 Å². The minimum atomic E-state index is -1.21. The van der Waals surface area contributed by atoms with Crippen LogP contribution in [0.25, 0.3) is 0 Å². The van der Waals surface area contributed by atoms with Crippen molar-refractivity contribution in [3.8, 4) is 0 Å². The average Bonchev–Trinajstić information content (AvgIpc) is 2.41. The number of carboxylic acid groups (broad SMARTS) is 1. The molecule has 0 saturated carbocycles. The number of carbonyl (C=O) groups excluding carboxylic acids is 1. The molecular formula is C13H8BrFN2O3. The summed E-state index contributed by atoms with van der Waals surface area (Å²) in [6.45, 7) is 0. The van der Waals surface area contributed by atoms with Gasteiger partial charge in [0.15, 0.2) is 5.69 Å². The van der Waals surface area contributed by atoms with Crippen LogP contribution in [0.15, 0.2) is 40.9 Å². The predicted molar refractivity (Wildman–Crippen MR) is 73.2 cm³/mol. The standard InChI is InChI=1S/C13H8BrFN2O3/c14-7-4-5-9(15)8(6-7)12(18)17-11-3-1-2-10(16-11)13(19)20/h1-6H,(H,19,20)(H,16,17,18). The molecule has 5 nitrogen and oxygen atoms in total. The fourth-order valence-electron chi connectivity index (χ4n) is 1.48. The largest absolute Gasteiger partial charge is 0.477 e. The van der Waals surface area contributed by atoms with E-state index in [1.807, 2.05) is 0 Å². The molecule has 0 bridgehead atoms. The molecule has 0 spiro atoms. The lowest BCUT2D eigenvalue weighted by Gasteiger charge is -2.06. The lowest BCUT2D eigenvalue weighted by molar-refractivity contribution is 0.0690. The number of hydrogen-bond acceptors (Lipinski definition) is 3. The highest BCUT2D eigenvalue weighted by Crippen LogP contribution is 2.17. The minimum absolute atomic E-state index is 0.0364. The number of nitrogens with zero attached hydrogens (tertiary/aromatic N) is 1. The van der Waals surface area contributed by atoms with E-state index in [4.69, 9.17) is 5.11 Å². The number of anilines is 1. The van der Waals surface area contributed by atoms with Gasteiger partial charge in [-0.25, -0.2) is 14.2 Å². The number of benzene rings is 1. The van der Waals surface area contributed by atoms with E-state index in [1.165, 1.54) is 30.3 Å². The molecule has 2 aromatic rings. The van der Waals surface area contributed by atoms with Gasteiger partial charge in [-0.05, 0) is 30.3 Å². The van der Waals surface area contributed by atoms with Crippen molar-refractivity contribution in [3.63, 3.8) is 0 Å². The van der Waals surface area contributed by atoms with Crippen molar-refractivity contribution in [3.05, 3.63) is 57.9 Å². The number of aromatic carboxylic acids is 1. The van der Waals surface area contributed by atoms with E-state index in [0.717, 1.165) is 6.07 Å². The molecule has 2 rings (SSSR count). The van der Waals surface area contributed by atoms with E-state index in [2.05, 4.69) is 26.2 Å². The number of pyridine rings is 1. The van der Waals surface area contributed by atoms with Crippen LogP contribution >= 0.6 is 15.9 Å². The topological polar surface area (TPSA) is 79.3 Å². The van der Waals surface area contributed by atoms with E-state index in [1.54, 1.807) is 0 Å². The fraction of sp³-hybridized carbons (Fsp3) is 0. The summed E-state index contributed by atoms with van der Waals surface area (Å²) in [4.78, 5) is 26.4. The summed E-state index contributed by atoms with van der Waals surface area (Å²) in [7, 11) is 0. The normalized spacial score (nSPS) is 10.1. The smallest absolute Gasteiger partial charge is 0.354 e. The van der Waals surface area contributed by atoms with Crippen LogP contribution in [-0.4, -0.2) is 22.0 Å². The third-order valence-corrected chi connectivity index (χ3v) is 2.88. The van der Waals surface area contributed by atoms with Gasteiger partial charge in [-0.1, -0.05) is 22.0 Å². The Labute approximate surface area is 121 Å². The van der Waals surface area contributed by atoms with Gasteiger partial charge in [-0.3, -0.25) is 4.79 Å². The summed E-state index contributed by atoms with van der Waals surface area (Å²) in [6, 6.07) is 8.09. The van der Waals surface area contributed by atoms with E-state index in [9.17, 15) is 14.0 Å². The molecule has 0 radical (unpaired) electrons. The van der Waals surface area contributed by atoms with Crippen molar-refractivity contribution >= 4 is 33.6 Å². The van der Waals surface area contributed by atoms with Crippen LogP contribution in [0.1, 0.15) is 20.8 Å². The van der Waals surface area contributed by atoms with E-state index in [-0.39, 0.29) is 17.1 Å². The van der Waals surface area contributed by atoms with Gasteiger partial charge in [-0.2, -0.15) is 0 Å². The first kappa shape index (κ1) is 14.1. The Morgan fingerprint density at radius 2 is 2.00 bits per heavy atom. The monoisotopic (exact) mass is 338 g/mol. The lowest BCUT2D eigenvalue weighted by atomic mass is 10.2. The zero-order chi connectivity index (χ0) is 14.7. The van der Waals surface area contributed by atoms with E-state index in [0.29, 0.717) is 4.47 Å². The highest BCUT2D eigenvalue weighted by Gasteiger charge is 2.14. The van der Waals surface area contributed by atoms with Gasteiger partial charge in [0.05, 0.1) is 5.56 Å². The van der Waals surface area contributed by atoms with Crippen LogP contribution in [0.5, 0.6) is 0 Å². The summed E-state index contributed by atoms with van der Waals surface area (Å²) < 4.78 is 14.1. The SMILES string of the molecule is O=C(O)c1cccc(NC(=O)c2cc(Br)ccc2F)n1. The van der Waals surface area contributed by atoms with Crippen LogP contribution < -0.4 is 5.32 Å². The fourth-order valence-corrected chi connectivity index (χ4v) is 1.84. The summed E-state index contributed by atoms with van der Waals surface area (Å²) in [6.07, 6.45) is 0. The van der Waals surface area contributed by atoms with Crippen LogP contribution in [0.3, 0.4) is 0 Å². The van der Waals surface area contributed by atoms with Gasteiger partial charge < -0.3 is 10.4 Å². The van der Waals surface area contributed by atoms with Gasteiger partial charge in [-0.15, -0.1) is 0 Å². The summed E-state index contributed by atoms with van der Waals surface area (Å²) in [5.74, 6) is -2.57. The second-order valence-corrected chi connectivity index (χ2v) is 4.71. The molecule has 0 unspecified atom stereocenters. The van der Waals surface area contributed by atoms with Crippen molar-refractivity contribution in [1.82, 2.24) is 4.98 Å². The van der Waals surface area contributed by atoms with Crippen LogP contribution in [0, 0.1) is 5.82 Å².